The van der Waals surface area contributed by atoms with Gasteiger partial charge in [0.1, 0.15) is 11.6 Å². The fourth-order valence-corrected chi connectivity index (χ4v) is 1.29. The number of nitrogens with zero attached hydrogens (tertiary/aromatic N) is 1. The van der Waals surface area contributed by atoms with E-state index in [1.54, 1.807) is 19.1 Å². The van der Waals surface area contributed by atoms with Crippen LogP contribution in [0.1, 0.15) is 22.3 Å². The number of phenolic OH excluding ortho intramolecular Hbond substituents is 1. The van der Waals surface area contributed by atoms with Gasteiger partial charge in [0, 0.05) is 13.0 Å². The van der Waals surface area contributed by atoms with Gasteiger partial charge in [-0.25, -0.2) is 0 Å². The van der Waals surface area contributed by atoms with Crippen molar-refractivity contribution in [2.45, 2.75) is 13.3 Å². The van der Waals surface area contributed by atoms with Gasteiger partial charge < -0.3 is 21.4 Å². The van der Waals surface area contributed by atoms with Gasteiger partial charge in [0.15, 0.2) is 0 Å². The van der Waals surface area contributed by atoms with Crippen molar-refractivity contribution >= 4 is 11.7 Å². The highest BCUT2D eigenvalue weighted by Crippen LogP contribution is 2.20. The van der Waals surface area contributed by atoms with Crippen LogP contribution in [-0.4, -0.2) is 28.6 Å². The number of hydrogen-bond acceptors (Lipinski definition) is 4. The Hall–Kier alpha value is -2.24. The average molecular weight is 237 g/mol. The van der Waals surface area contributed by atoms with Crippen molar-refractivity contribution in [2.24, 2.45) is 10.9 Å². The van der Waals surface area contributed by atoms with Crippen LogP contribution < -0.4 is 11.1 Å². The molecule has 17 heavy (non-hydrogen) atoms. The van der Waals surface area contributed by atoms with E-state index < -0.39 is 5.91 Å². The zero-order chi connectivity index (χ0) is 12.8. The topological polar surface area (TPSA) is 108 Å². The number of benzene rings is 1. The molecule has 0 saturated heterocycles. The zero-order valence-corrected chi connectivity index (χ0v) is 9.47. The van der Waals surface area contributed by atoms with Crippen molar-refractivity contribution in [3.63, 3.8) is 0 Å². The second-order valence-corrected chi connectivity index (χ2v) is 3.57. The molecule has 1 aromatic rings. The van der Waals surface area contributed by atoms with Crippen LogP contribution >= 0.6 is 0 Å². The highest BCUT2D eigenvalue weighted by molar-refractivity contribution is 5.97. The second kappa shape index (κ2) is 5.74. The van der Waals surface area contributed by atoms with Gasteiger partial charge >= 0.3 is 0 Å². The number of hydrogen-bond donors (Lipinski definition) is 4. The number of nitrogens with one attached hydrogen (secondary N) is 1. The second-order valence-electron chi connectivity index (χ2n) is 3.57. The Morgan fingerprint density at radius 1 is 1.53 bits per heavy atom. The number of oxime groups is 1. The fourth-order valence-electron chi connectivity index (χ4n) is 1.29. The molecule has 92 valence electrons. The lowest BCUT2D eigenvalue weighted by molar-refractivity contribution is 0.0952. The zero-order valence-electron chi connectivity index (χ0n) is 9.47. The molecule has 0 unspecified atom stereocenters. The SMILES string of the molecule is Cc1cccc(C(=O)NCC/C(N)=N/O)c1O. The molecule has 5 N–H and O–H groups in total. The smallest absolute Gasteiger partial charge is 0.255 e. The van der Waals surface area contributed by atoms with Crippen molar-refractivity contribution in [3.8, 4) is 5.75 Å². The first-order chi connectivity index (χ1) is 8.06. The normalized spacial score (nSPS) is 11.2. The maximum absolute atomic E-state index is 11.7. The molecule has 0 aliphatic carbocycles. The number of nitrogens with two attached hydrogens (primary N) is 1. The number of amidine groups is 1. The molecule has 0 saturated carbocycles. The minimum Gasteiger partial charge on any atom is -0.507 e. The molecule has 0 heterocycles. The molecular weight excluding hydrogens is 222 g/mol. The van der Waals surface area contributed by atoms with E-state index in [1.807, 2.05) is 0 Å². The third kappa shape index (κ3) is 3.37. The standard InChI is InChI=1S/C11H15N3O3/c1-7-3-2-4-8(10(7)15)11(16)13-6-5-9(12)14-17/h2-4,15,17H,5-6H2,1H3,(H2,12,14)(H,13,16). The number of para-hydroxylation sites is 1. The van der Waals surface area contributed by atoms with E-state index in [1.165, 1.54) is 6.07 Å². The van der Waals surface area contributed by atoms with Gasteiger partial charge in [-0.15, -0.1) is 0 Å². The summed E-state index contributed by atoms with van der Waals surface area (Å²) in [4.78, 5) is 11.7. The molecule has 0 spiro atoms. The van der Waals surface area contributed by atoms with Crippen LogP contribution in [0.15, 0.2) is 23.4 Å². The summed E-state index contributed by atoms with van der Waals surface area (Å²) >= 11 is 0. The monoisotopic (exact) mass is 237 g/mol. The summed E-state index contributed by atoms with van der Waals surface area (Å²) in [5.41, 5.74) is 6.10. The van der Waals surface area contributed by atoms with Crippen LogP contribution in [0.3, 0.4) is 0 Å². The third-order valence-corrected chi connectivity index (χ3v) is 2.28. The molecule has 0 aromatic heterocycles. The van der Waals surface area contributed by atoms with E-state index in [2.05, 4.69) is 10.5 Å². The van der Waals surface area contributed by atoms with E-state index in [-0.39, 0.29) is 30.1 Å². The highest BCUT2D eigenvalue weighted by Gasteiger charge is 2.11. The van der Waals surface area contributed by atoms with Crippen molar-refractivity contribution in [3.05, 3.63) is 29.3 Å². The quantitative estimate of drug-likeness (QED) is 0.265. The van der Waals surface area contributed by atoms with Gasteiger partial charge in [-0.05, 0) is 18.6 Å². The minimum absolute atomic E-state index is 0.0335. The molecule has 1 amide bonds. The number of aryl methyl sites for hydroxylation is 1. The predicted molar refractivity (Wildman–Crippen MR) is 63.2 cm³/mol. The van der Waals surface area contributed by atoms with Crippen molar-refractivity contribution in [1.29, 1.82) is 0 Å². The summed E-state index contributed by atoms with van der Waals surface area (Å²) in [5.74, 6) is -0.385. The van der Waals surface area contributed by atoms with E-state index in [4.69, 9.17) is 10.9 Å². The Labute approximate surface area is 98.7 Å². The summed E-state index contributed by atoms with van der Waals surface area (Å²) < 4.78 is 0. The van der Waals surface area contributed by atoms with E-state index in [0.717, 1.165) is 0 Å². The number of carbonyl (C=O) groups is 1. The van der Waals surface area contributed by atoms with E-state index in [9.17, 15) is 9.90 Å². The summed E-state index contributed by atoms with van der Waals surface area (Å²) in [7, 11) is 0. The Bertz CT molecular complexity index is 444. The van der Waals surface area contributed by atoms with Gasteiger partial charge in [0.2, 0.25) is 0 Å². The fraction of sp³-hybridized carbons (Fsp3) is 0.273. The lowest BCUT2D eigenvalue weighted by Crippen LogP contribution is -2.28. The molecular formula is C11H15N3O3. The van der Waals surface area contributed by atoms with Gasteiger partial charge in [-0.2, -0.15) is 0 Å². The Morgan fingerprint density at radius 2 is 2.24 bits per heavy atom. The van der Waals surface area contributed by atoms with Crippen molar-refractivity contribution in [1.82, 2.24) is 5.32 Å². The van der Waals surface area contributed by atoms with Crippen LogP contribution in [0.2, 0.25) is 0 Å². The lowest BCUT2D eigenvalue weighted by atomic mass is 10.1. The van der Waals surface area contributed by atoms with Crippen LogP contribution in [0, 0.1) is 6.92 Å². The number of carbonyl (C=O) groups excluding carboxylic acids is 1. The molecule has 0 bridgehead atoms. The van der Waals surface area contributed by atoms with Crippen LogP contribution in [0.25, 0.3) is 0 Å². The molecule has 6 nitrogen and oxygen atoms in total. The van der Waals surface area contributed by atoms with E-state index in [0.29, 0.717) is 5.56 Å². The largest absolute Gasteiger partial charge is 0.507 e. The molecule has 6 heteroatoms. The maximum Gasteiger partial charge on any atom is 0.255 e. The van der Waals surface area contributed by atoms with Gasteiger partial charge in [0.25, 0.3) is 5.91 Å². The Balaban J connectivity index is 2.62. The molecule has 0 aliphatic rings. The van der Waals surface area contributed by atoms with Crippen LogP contribution in [-0.2, 0) is 0 Å². The predicted octanol–water partition coefficient (Wildman–Crippen LogP) is 0.567. The average Bonchev–Trinajstić information content (AvgIpc) is 2.32. The molecule has 0 aliphatic heterocycles. The number of phenols is 1. The maximum atomic E-state index is 11.7. The van der Waals surface area contributed by atoms with Crippen LogP contribution in [0.5, 0.6) is 5.75 Å². The first-order valence-corrected chi connectivity index (χ1v) is 5.09. The van der Waals surface area contributed by atoms with Crippen LogP contribution in [0.4, 0.5) is 0 Å². The minimum atomic E-state index is -0.392. The molecule has 0 atom stereocenters. The molecule has 0 radical (unpaired) electrons. The summed E-state index contributed by atoms with van der Waals surface area (Å²) in [5, 5.41) is 23.3. The summed E-state index contributed by atoms with van der Waals surface area (Å²) in [6.07, 6.45) is 0.245. The number of rotatable bonds is 4. The first kappa shape index (κ1) is 12.8. The lowest BCUT2D eigenvalue weighted by Gasteiger charge is -2.07. The summed E-state index contributed by atoms with van der Waals surface area (Å²) in [6.45, 7) is 1.95. The number of amides is 1. The van der Waals surface area contributed by atoms with Crippen molar-refractivity contribution in [2.75, 3.05) is 6.54 Å². The Morgan fingerprint density at radius 3 is 2.88 bits per heavy atom. The van der Waals surface area contributed by atoms with Gasteiger partial charge in [0.05, 0.1) is 5.56 Å². The third-order valence-electron chi connectivity index (χ3n) is 2.28. The van der Waals surface area contributed by atoms with E-state index >= 15 is 0 Å². The number of aromatic hydroxyl groups is 1. The summed E-state index contributed by atoms with van der Waals surface area (Å²) in [6, 6.07) is 4.93. The molecule has 0 fully saturated rings. The van der Waals surface area contributed by atoms with Gasteiger partial charge in [-0.1, -0.05) is 17.3 Å². The van der Waals surface area contributed by atoms with Gasteiger partial charge in [-0.3, -0.25) is 4.79 Å². The first-order valence-electron chi connectivity index (χ1n) is 5.09. The molecule has 1 rings (SSSR count). The van der Waals surface area contributed by atoms with Crippen molar-refractivity contribution < 1.29 is 15.1 Å². The Kier molecular flexibility index (Phi) is 4.33. The highest BCUT2D eigenvalue weighted by atomic mass is 16.4. The molecule has 1 aromatic carbocycles.